The fourth-order valence-electron chi connectivity index (χ4n) is 1.50. The highest BCUT2D eigenvalue weighted by atomic mass is 35.5. The first kappa shape index (κ1) is 14.9. The summed E-state index contributed by atoms with van der Waals surface area (Å²) in [6, 6.07) is 7.77. The van der Waals surface area contributed by atoms with Crippen LogP contribution in [0.4, 0.5) is 5.95 Å². The Morgan fingerprint density at radius 1 is 1.30 bits per heavy atom. The third kappa shape index (κ3) is 4.02. The van der Waals surface area contributed by atoms with Crippen LogP contribution in [0, 0.1) is 0 Å². The number of rotatable bonds is 6. The lowest BCUT2D eigenvalue weighted by Gasteiger charge is -2.09. The maximum absolute atomic E-state index is 6.06. The maximum Gasteiger partial charge on any atom is 0.243 e. The van der Waals surface area contributed by atoms with E-state index in [9.17, 15) is 0 Å². The second kappa shape index (κ2) is 7.36. The molecule has 1 aromatic heterocycles. The molecule has 0 atom stereocenters. The summed E-state index contributed by atoms with van der Waals surface area (Å²) in [6.07, 6.45) is 4.57. The molecule has 106 valence electrons. The largest absolute Gasteiger partial charge is 0.437 e. The molecule has 2 rings (SSSR count). The van der Waals surface area contributed by atoms with E-state index in [0.717, 1.165) is 13.0 Å². The Bertz CT molecular complexity index is 563. The molecule has 0 aliphatic heterocycles. The van der Waals surface area contributed by atoms with Gasteiger partial charge in [0.05, 0.1) is 6.20 Å². The van der Waals surface area contributed by atoms with Gasteiger partial charge in [-0.3, -0.25) is 0 Å². The van der Waals surface area contributed by atoms with Gasteiger partial charge in [0.15, 0.2) is 0 Å². The van der Waals surface area contributed by atoms with Gasteiger partial charge in [0.25, 0.3) is 0 Å². The van der Waals surface area contributed by atoms with Crippen molar-refractivity contribution < 1.29 is 4.74 Å². The number of thioether (sulfide) groups is 1. The third-order valence-corrected chi connectivity index (χ3v) is 3.52. The van der Waals surface area contributed by atoms with E-state index in [0.29, 0.717) is 22.6 Å². The van der Waals surface area contributed by atoms with Crippen molar-refractivity contribution >= 4 is 29.3 Å². The second-order valence-corrected chi connectivity index (χ2v) is 5.34. The van der Waals surface area contributed by atoms with E-state index in [2.05, 4.69) is 22.2 Å². The van der Waals surface area contributed by atoms with E-state index in [4.69, 9.17) is 16.3 Å². The van der Waals surface area contributed by atoms with Gasteiger partial charge in [0, 0.05) is 11.4 Å². The van der Waals surface area contributed by atoms with Crippen LogP contribution in [0.3, 0.4) is 0 Å². The minimum Gasteiger partial charge on any atom is -0.437 e. The molecule has 2 aromatic rings. The van der Waals surface area contributed by atoms with Crippen LogP contribution < -0.4 is 10.1 Å². The number of benzene rings is 1. The van der Waals surface area contributed by atoms with Crippen LogP contribution in [-0.4, -0.2) is 22.8 Å². The molecule has 6 heteroatoms. The van der Waals surface area contributed by atoms with Gasteiger partial charge in [-0.25, -0.2) is 4.98 Å². The summed E-state index contributed by atoms with van der Waals surface area (Å²) in [6.45, 7) is 2.89. The van der Waals surface area contributed by atoms with Gasteiger partial charge in [-0.2, -0.15) is 4.98 Å². The number of hydrogen-bond donors (Lipinski definition) is 1. The molecule has 1 N–H and O–H groups in total. The van der Waals surface area contributed by atoms with Crippen LogP contribution in [0.25, 0.3) is 0 Å². The Kier molecular flexibility index (Phi) is 5.49. The van der Waals surface area contributed by atoms with E-state index in [1.165, 1.54) is 11.1 Å². The number of nitrogens with one attached hydrogen (secondary N) is 1. The first-order valence-corrected chi connectivity index (χ1v) is 7.91. The van der Waals surface area contributed by atoms with E-state index < -0.39 is 0 Å². The van der Waals surface area contributed by atoms with Gasteiger partial charge in [0.1, 0.15) is 10.8 Å². The van der Waals surface area contributed by atoms with Gasteiger partial charge in [-0.05, 0) is 36.9 Å². The van der Waals surface area contributed by atoms with Crippen LogP contribution in [0.5, 0.6) is 11.6 Å². The first-order valence-electron chi connectivity index (χ1n) is 6.31. The molecule has 1 aromatic carbocycles. The number of nitrogens with zero attached hydrogens (tertiary/aromatic N) is 2. The maximum atomic E-state index is 6.06. The van der Waals surface area contributed by atoms with Crippen molar-refractivity contribution in [1.82, 2.24) is 9.97 Å². The predicted octanol–water partition coefficient (Wildman–Crippen LogP) is 4.47. The average molecular weight is 310 g/mol. The molecule has 4 nitrogen and oxygen atoms in total. The van der Waals surface area contributed by atoms with Crippen molar-refractivity contribution in [2.45, 2.75) is 18.2 Å². The zero-order chi connectivity index (χ0) is 14.4. The molecule has 0 aliphatic carbocycles. The first-order chi connectivity index (χ1) is 9.72. The Balaban J connectivity index is 2.14. The summed E-state index contributed by atoms with van der Waals surface area (Å²) >= 11 is 7.74. The predicted molar refractivity (Wildman–Crippen MR) is 84.1 cm³/mol. The fourth-order valence-corrected chi connectivity index (χ4v) is 2.04. The monoisotopic (exact) mass is 309 g/mol. The molecular weight excluding hydrogens is 294 g/mol. The highest BCUT2D eigenvalue weighted by molar-refractivity contribution is 7.98. The fraction of sp³-hybridized carbons (Fsp3) is 0.286. The van der Waals surface area contributed by atoms with Crippen molar-refractivity contribution in [3.63, 3.8) is 0 Å². The Labute approximate surface area is 127 Å². The molecule has 0 saturated carbocycles. The SMILES string of the molecule is CCCNc1ncc(Cl)c(Oc2ccc(SC)cc2)n1. The molecule has 0 amide bonds. The van der Waals surface area contributed by atoms with Crippen molar-refractivity contribution in [3.05, 3.63) is 35.5 Å². The van der Waals surface area contributed by atoms with Crippen molar-refractivity contribution in [2.75, 3.05) is 18.1 Å². The minimum absolute atomic E-state index is 0.358. The molecular formula is C14H16ClN3OS. The number of ether oxygens (including phenoxy) is 1. The zero-order valence-corrected chi connectivity index (χ0v) is 13.0. The lowest BCUT2D eigenvalue weighted by molar-refractivity contribution is 0.462. The minimum atomic E-state index is 0.358. The summed E-state index contributed by atoms with van der Waals surface area (Å²) < 4.78 is 5.70. The topological polar surface area (TPSA) is 47.0 Å². The standard InChI is InChI=1S/C14H16ClN3OS/c1-3-8-16-14-17-9-12(15)13(18-14)19-10-4-6-11(20-2)7-5-10/h4-7,9H,3,8H2,1-2H3,(H,16,17,18). The zero-order valence-electron chi connectivity index (χ0n) is 11.4. The summed E-state index contributed by atoms with van der Waals surface area (Å²) in [4.78, 5) is 9.55. The average Bonchev–Trinajstić information content (AvgIpc) is 2.49. The van der Waals surface area contributed by atoms with Crippen LogP contribution in [0.2, 0.25) is 5.02 Å². The van der Waals surface area contributed by atoms with Crippen molar-refractivity contribution in [3.8, 4) is 11.6 Å². The molecule has 0 aliphatic rings. The van der Waals surface area contributed by atoms with Crippen molar-refractivity contribution in [2.24, 2.45) is 0 Å². The van der Waals surface area contributed by atoms with Gasteiger partial charge < -0.3 is 10.1 Å². The number of hydrogen-bond acceptors (Lipinski definition) is 5. The summed E-state index contributed by atoms with van der Waals surface area (Å²) in [7, 11) is 0. The van der Waals surface area contributed by atoms with Crippen molar-refractivity contribution in [1.29, 1.82) is 0 Å². The third-order valence-electron chi connectivity index (χ3n) is 2.52. The molecule has 20 heavy (non-hydrogen) atoms. The number of anilines is 1. The molecule has 1 heterocycles. The van der Waals surface area contributed by atoms with Crippen LogP contribution in [0.1, 0.15) is 13.3 Å². The van der Waals surface area contributed by atoms with Gasteiger partial charge in [-0.15, -0.1) is 11.8 Å². The number of halogens is 1. The molecule has 0 radical (unpaired) electrons. The van der Waals surface area contributed by atoms with E-state index in [-0.39, 0.29) is 0 Å². The van der Waals surface area contributed by atoms with E-state index in [1.807, 2.05) is 30.5 Å². The second-order valence-electron chi connectivity index (χ2n) is 4.05. The molecule has 0 fully saturated rings. The van der Waals surface area contributed by atoms with Gasteiger partial charge >= 0.3 is 0 Å². The molecule has 0 saturated heterocycles. The summed E-state index contributed by atoms with van der Waals surface area (Å²) in [5, 5.41) is 3.49. The molecule has 0 unspecified atom stereocenters. The Morgan fingerprint density at radius 2 is 2.05 bits per heavy atom. The van der Waals surface area contributed by atoms with Gasteiger partial charge in [-0.1, -0.05) is 18.5 Å². The lowest BCUT2D eigenvalue weighted by atomic mass is 10.3. The smallest absolute Gasteiger partial charge is 0.243 e. The Morgan fingerprint density at radius 3 is 2.70 bits per heavy atom. The Hall–Kier alpha value is -1.46. The molecule has 0 bridgehead atoms. The van der Waals surface area contributed by atoms with Crippen LogP contribution >= 0.6 is 23.4 Å². The van der Waals surface area contributed by atoms with E-state index >= 15 is 0 Å². The summed E-state index contributed by atoms with van der Waals surface area (Å²) in [5.41, 5.74) is 0. The normalized spacial score (nSPS) is 10.3. The number of aromatic nitrogens is 2. The highest BCUT2D eigenvalue weighted by Gasteiger charge is 2.08. The quantitative estimate of drug-likeness (QED) is 0.798. The van der Waals surface area contributed by atoms with Crippen LogP contribution in [-0.2, 0) is 0 Å². The van der Waals surface area contributed by atoms with E-state index in [1.54, 1.807) is 11.8 Å². The summed E-state index contributed by atoms with van der Waals surface area (Å²) in [5.74, 6) is 1.58. The van der Waals surface area contributed by atoms with Crippen LogP contribution in [0.15, 0.2) is 35.4 Å². The van der Waals surface area contributed by atoms with Gasteiger partial charge in [0.2, 0.25) is 11.8 Å². The lowest BCUT2D eigenvalue weighted by Crippen LogP contribution is -2.04. The molecule has 0 spiro atoms. The highest BCUT2D eigenvalue weighted by Crippen LogP contribution is 2.28.